The van der Waals surface area contributed by atoms with Crippen LogP contribution in [0, 0.1) is 6.92 Å². The van der Waals surface area contributed by atoms with E-state index in [9.17, 15) is 22.0 Å². The van der Waals surface area contributed by atoms with Crippen molar-refractivity contribution >= 4 is 0 Å². The second kappa shape index (κ2) is 4.84. The Morgan fingerprint density at radius 3 is 2.17 bits per heavy atom. The van der Waals surface area contributed by atoms with Gasteiger partial charge in [-0.15, -0.1) is 0 Å². The lowest BCUT2D eigenvalue weighted by Gasteiger charge is -2.24. The number of alkyl halides is 5. The van der Waals surface area contributed by atoms with Crippen LogP contribution in [-0.2, 0) is 12.6 Å². The maximum absolute atomic E-state index is 12.6. The predicted molar refractivity (Wildman–Crippen MR) is 58.5 cm³/mol. The van der Waals surface area contributed by atoms with Gasteiger partial charge in [0.25, 0.3) is 6.43 Å². The van der Waals surface area contributed by atoms with E-state index in [2.05, 4.69) is 0 Å². The highest BCUT2D eigenvalue weighted by Gasteiger charge is 2.33. The fourth-order valence-electron chi connectivity index (χ4n) is 1.56. The molecule has 102 valence electrons. The van der Waals surface area contributed by atoms with E-state index in [1.54, 1.807) is 0 Å². The molecule has 0 saturated heterocycles. The molecule has 1 nitrogen and oxygen atoms in total. The topological polar surface area (TPSA) is 26.0 Å². The first-order valence-electron chi connectivity index (χ1n) is 5.28. The number of nitrogens with two attached hydrogens (primary N) is 1. The Morgan fingerprint density at radius 1 is 1.22 bits per heavy atom. The highest BCUT2D eigenvalue weighted by molar-refractivity contribution is 5.33. The molecule has 0 radical (unpaired) electrons. The van der Waals surface area contributed by atoms with Gasteiger partial charge in [0.2, 0.25) is 0 Å². The number of halogens is 5. The van der Waals surface area contributed by atoms with Crippen molar-refractivity contribution in [2.45, 2.75) is 38.4 Å². The summed E-state index contributed by atoms with van der Waals surface area (Å²) in [6.45, 7) is 2.63. The first kappa shape index (κ1) is 14.9. The van der Waals surface area contributed by atoms with Crippen LogP contribution in [0.2, 0.25) is 0 Å². The van der Waals surface area contributed by atoms with Crippen molar-refractivity contribution in [3.8, 4) is 0 Å². The predicted octanol–water partition coefficient (Wildman–Crippen LogP) is 3.54. The second-order valence-corrected chi connectivity index (χ2v) is 4.62. The van der Waals surface area contributed by atoms with Crippen LogP contribution in [0.5, 0.6) is 0 Å². The summed E-state index contributed by atoms with van der Waals surface area (Å²) in [6, 6.07) is 3.02. The molecule has 0 amide bonds. The van der Waals surface area contributed by atoms with Gasteiger partial charge in [0, 0.05) is 0 Å². The van der Waals surface area contributed by atoms with Crippen molar-refractivity contribution in [2.75, 3.05) is 0 Å². The van der Waals surface area contributed by atoms with Crippen molar-refractivity contribution in [3.05, 3.63) is 34.9 Å². The van der Waals surface area contributed by atoms with Gasteiger partial charge in [0.05, 0.1) is 11.1 Å². The molecule has 0 saturated carbocycles. The molecule has 1 unspecified atom stereocenters. The molecule has 6 heteroatoms. The van der Waals surface area contributed by atoms with Crippen molar-refractivity contribution in [1.29, 1.82) is 0 Å². The van der Waals surface area contributed by atoms with Gasteiger partial charge in [-0.25, -0.2) is 8.78 Å². The van der Waals surface area contributed by atoms with Crippen molar-refractivity contribution in [3.63, 3.8) is 0 Å². The summed E-state index contributed by atoms with van der Waals surface area (Å²) in [7, 11) is 0. The summed E-state index contributed by atoms with van der Waals surface area (Å²) in [5.41, 5.74) is 3.58. The normalized spacial score (nSPS) is 15.8. The van der Waals surface area contributed by atoms with E-state index in [0.717, 1.165) is 12.1 Å². The average molecular weight is 267 g/mol. The van der Waals surface area contributed by atoms with Crippen molar-refractivity contribution in [2.24, 2.45) is 5.73 Å². The van der Waals surface area contributed by atoms with Crippen molar-refractivity contribution < 1.29 is 22.0 Å². The van der Waals surface area contributed by atoms with E-state index >= 15 is 0 Å². The summed E-state index contributed by atoms with van der Waals surface area (Å²) < 4.78 is 62.5. The van der Waals surface area contributed by atoms with Gasteiger partial charge in [-0.05, 0) is 43.5 Å². The molecule has 1 aromatic carbocycles. The standard InChI is InChI=1S/C12H14F5N/c1-7-5-9(12(15,16)17)4-3-8(7)6-11(2,18)10(13)14/h3-5,10H,6,18H2,1-2H3. The lowest BCUT2D eigenvalue weighted by molar-refractivity contribution is -0.137. The molecule has 0 heterocycles. The minimum atomic E-state index is -4.43. The van der Waals surface area contributed by atoms with Gasteiger partial charge in [-0.3, -0.25) is 0 Å². The van der Waals surface area contributed by atoms with Gasteiger partial charge in [0.1, 0.15) is 0 Å². The van der Waals surface area contributed by atoms with Crippen LogP contribution in [0.1, 0.15) is 23.6 Å². The van der Waals surface area contributed by atoms with Gasteiger partial charge < -0.3 is 5.73 Å². The van der Waals surface area contributed by atoms with E-state index in [1.807, 2.05) is 0 Å². The van der Waals surface area contributed by atoms with Crippen LogP contribution in [0.4, 0.5) is 22.0 Å². The minimum absolute atomic E-state index is 0.172. The average Bonchev–Trinajstić information content (AvgIpc) is 2.19. The van der Waals surface area contributed by atoms with Crippen LogP contribution in [0.25, 0.3) is 0 Å². The molecule has 18 heavy (non-hydrogen) atoms. The minimum Gasteiger partial charge on any atom is -0.320 e. The zero-order valence-corrected chi connectivity index (χ0v) is 9.98. The molecule has 0 bridgehead atoms. The van der Waals surface area contributed by atoms with Crippen LogP contribution < -0.4 is 5.73 Å². The van der Waals surface area contributed by atoms with E-state index in [-0.39, 0.29) is 6.42 Å². The highest BCUT2D eigenvalue weighted by Crippen LogP contribution is 2.31. The molecule has 0 aliphatic carbocycles. The fraction of sp³-hybridized carbons (Fsp3) is 0.500. The first-order valence-corrected chi connectivity index (χ1v) is 5.28. The number of aryl methyl sites for hydroxylation is 1. The van der Waals surface area contributed by atoms with Gasteiger partial charge in [0.15, 0.2) is 0 Å². The molecule has 0 aliphatic heterocycles. The lowest BCUT2D eigenvalue weighted by Crippen LogP contribution is -2.46. The van der Waals surface area contributed by atoms with Crippen LogP contribution >= 0.6 is 0 Å². The van der Waals surface area contributed by atoms with E-state index < -0.39 is 23.7 Å². The smallest absolute Gasteiger partial charge is 0.320 e. The molecule has 1 rings (SSSR count). The van der Waals surface area contributed by atoms with Crippen molar-refractivity contribution in [1.82, 2.24) is 0 Å². The van der Waals surface area contributed by atoms with E-state index in [0.29, 0.717) is 11.1 Å². The largest absolute Gasteiger partial charge is 0.416 e. The molecule has 0 fully saturated rings. The third-order valence-corrected chi connectivity index (χ3v) is 2.74. The highest BCUT2D eigenvalue weighted by atomic mass is 19.4. The number of benzene rings is 1. The summed E-state index contributed by atoms with van der Waals surface area (Å²) in [4.78, 5) is 0. The maximum Gasteiger partial charge on any atom is 0.416 e. The molecular weight excluding hydrogens is 253 g/mol. The second-order valence-electron chi connectivity index (χ2n) is 4.62. The third kappa shape index (κ3) is 3.41. The molecular formula is C12H14F5N. The number of rotatable bonds is 3. The third-order valence-electron chi connectivity index (χ3n) is 2.74. The Morgan fingerprint density at radius 2 is 1.78 bits per heavy atom. The monoisotopic (exact) mass is 267 g/mol. The summed E-state index contributed by atoms with van der Waals surface area (Å²) >= 11 is 0. The number of hydrogen-bond donors (Lipinski definition) is 1. The maximum atomic E-state index is 12.6. The fourth-order valence-corrected chi connectivity index (χ4v) is 1.56. The Labute approximate surface area is 102 Å². The molecule has 1 aromatic rings. The first-order chi connectivity index (χ1) is 8.04. The molecule has 0 spiro atoms. The Hall–Kier alpha value is -1.17. The van der Waals surface area contributed by atoms with Crippen LogP contribution in [0.3, 0.4) is 0 Å². The lowest BCUT2D eigenvalue weighted by atomic mass is 9.91. The quantitative estimate of drug-likeness (QED) is 0.833. The summed E-state index contributed by atoms with van der Waals surface area (Å²) in [5.74, 6) is 0. The van der Waals surface area contributed by atoms with Crippen LogP contribution in [0.15, 0.2) is 18.2 Å². The number of hydrogen-bond acceptors (Lipinski definition) is 1. The SMILES string of the molecule is Cc1cc(C(F)(F)F)ccc1CC(C)(N)C(F)F. The zero-order valence-electron chi connectivity index (χ0n) is 9.98. The zero-order chi connectivity index (χ0) is 14.1. The Kier molecular flexibility index (Phi) is 4.00. The summed E-state index contributed by atoms with van der Waals surface area (Å²) in [6.07, 6.45) is -7.34. The Balaban J connectivity index is 3.01. The molecule has 1 atom stereocenters. The summed E-state index contributed by atoms with van der Waals surface area (Å²) in [5, 5.41) is 0. The van der Waals surface area contributed by atoms with Crippen LogP contribution in [-0.4, -0.2) is 12.0 Å². The van der Waals surface area contributed by atoms with Gasteiger partial charge >= 0.3 is 6.18 Å². The van der Waals surface area contributed by atoms with Gasteiger partial charge in [-0.2, -0.15) is 13.2 Å². The molecule has 0 aromatic heterocycles. The Bertz CT molecular complexity index is 423. The van der Waals surface area contributed by atoms with E-state index in [1.165, 1.54) is 19.9 Å². The molecule has 0 aliphatic rings. The van der Waals surface area contributed by atoms with Gasteiger partial charge in [-0.1, -0.05) is 6.07 Å². The molecule has 2 N–H and O–H groups in total. The van der Waals surface area contributed by atoms with E-state index in [4.69, 9.17) is 5.73 Å².